The third-order valence-corrected chi connectivity index (χ3v) is 4.80. The molecule has 132 valence electrons. The van der Waals surface area contributed by atoms with Crippen LogP contribution in [0, 0.1) is 11.3 Å². The molecule has 2 heterocycles. The lowest BCUT2D eigenvalue weighted by Gasteiger charge is -2.23. The summed E-state index contributed by atoms with van der Waals surface area (Å²) in [5.41, 5.74) is 0.371. The number of hydrogen-bond donors (Lipinski definition) is 1. The molecule has 1 aliphatic rings. The third-order valence-electron chi connectivity index (χ3n) is 4.05. The van der Waals surface area contributed by atoms with Gasteiger partial charge in [-0.2, -0.15) is 18.4 Å². The molecule has 2 aromatic heterocycles. The number of hydrogen-bond acceptors (Lipinski definition) is 5. The summed E-state index contributed by atoms with van der Waals surface area (Å²) in [6.07, 6.45) is -0.903. The molecular weight excluding hydrogens is 403 g/mol. The highest BCUT2D eigenvalue weighted by molar-refractivity contribution is 9.10. The van der Waals surface area contributed by atoms with Gasteiger partial charge in [0, 0.05) is 18.9 Å². The number of rotatable bonds is 3. The average molecular weight is 416 g/mol. The number of ketones is 1. The lowest BCUT2D eigenvalue weighted by atomic mass is 9.94. The Labute approximate surface area is 149 Å². The van der Waals surface area contributed by atoms with Crippen molar-refractivity contribution in [3.05, 3.63) is 16.5 Å². The van der Waals surface area contributed by atoms with Crippen molar-refractivity contribution < 1.29 is 18.0 Å². The number of nitrogens with one attached hydrogen (secondary N) is 1. The molecule has 0 aromatic carbocycles. The summed E-state index contributed by atoms with van der Waals surface area (Å²) in [6.45, 7) is -1.31. The number of Topliss-reactive ketones (excluding diaryl/α,β-unsaturated/α-hetero) is 1. The maximum atomic E-state index is 12.9. The van der Waals surface area contributed by atoms with Crippen LogP contribution in [-0.4, -0.2) is 32.5 Å². The topological polar surface area (TPSA) is 83.6 Å². The lowest BCUT2D eigenvalue weighted by Crippen LogP contribution is -2.26. The van der Waals surface area contributed by atoms with E-state index in [0.717, 1.165) is 4.57 Å². The maximum absolute atomic E-state index is 12.9. The first-order chi connectivity index (χ1) is 11.8. The molecule has 1 aliphatic carbocycles. The summed E-state index contributed by atoms with van der Waals surface area (Å²) in [4.78, 5) is 19.4. The molecule has 10 heteroatoms. The second-order valence-electron chi connectivity index (χ2n) is 5.86. The van der Waals surface area contributed by atoms with E-state index in [0.29, 0.717) is 36.0 Å². The second-order valence-corrected chi connectivity index (χ2v) is 6.65. The lowest BCUT2D eigenvalue weighted by molar-refractivity contribution is -0.140. The minimum atomic E-state index is -4.49. The number of fused-ring (bicyclic) bond motifs is 1. The Bertz CT molecular complexity index is 861. The highest BCUT2D eigenvalue weighted by Crippen LogP contribution is 2.33. The van der Waals surface area contributed by atoms with Crippen molar-refractivity contribution >= 4 is 38.6 Å². The molecule has 0 bridgehead atoms. The molecule has 0 aliphatic heterocycles. The van der Waals surface area contributed by atoms with E-state index in [4.69, 9.17) is 5.26 Å². The van der Waals surface area contributed by atoms with E-state index in [1.165, 1.54) is 6.20 Å². The van der Waals surface area contributed by atoms with Crippen molar-refractivity contribution in [3.8, 4) is 6.07 Å². The highest BCUT2D eigenvalue weighted by Gasteiger charge is 2.31. The molecule has 1 fully saturated rings. The molecule has 0 radical (unpaired) electrons. The van der Waals surface area contributed by atoms with E-state index in [1.54, 1.807) is 6.07 Å². The number of carbonyl (C=O) groups is 1. The van der Waals surface area contributed by atoms with Crippen LogP contribution < -0.4 is 5.32 Å². The van der Waals surface area contributed by atoms with Crippen LogP contribution in [0.15, 0.2) is 10.7 Å². The van der Waals surface area contributed by atoms with Crippen molar-refractivity contribution in [2.24, 2.45) is 0 Å². The predicted molar refractivity (Wildman–Crippen MR) is 86.9 cm³/mol. The zero-order chi connectivity index (χ0) is 18.2. The summed E-state index contributed by atoms with van der Waals surface area (Å²) in [5, 5.41) is 12.2. The third kappa shape index (κ3) is 3.76. The van der Waals surface area contributed by atoms with Crippen LogP contribution in [0.5, 0.6) is 0 Å². The Morgan fingerprint density at radius 3 is 2.68 bits per heavy atom. The molecule has 2 aromatic rings. The number of imidazole rings is 1. The fourth-order valence-electron chi connectivity index (χ4n) is 2.88. The van der Waals surface area contributed by atoms with Gasteiger partial charge in [-0.05, 0) is 28.8 Å². The quantitative estimate of drug-likeness (QED) is 0.828. The van der Waals surface area contributed by atoms with E-state index >= 15 is 0 Å². The average Bonchev–Trinajstić information content (AvgIpc) is 2.89. The fourth-order valence-corrected chi connectivity index (χ4v) is 3.52. The summed E-state index contributed by atoms with van der Waals surface area (Å²) in [7, 11) is 0. The van der Waals surface area contributed by atoms with Gasteiger partial charge in [0.15, 0.2) is 0 Å². The van der Waals surface area contributed by atoms with Crippen LogP contribution in [0.25, 0.3) is 11.0 Å². The van der Waals surface area contributed by atoms with Crippen LogP contribution in [0.2, 0.25) is 0 Å². The van der Waals surface area contributed by atoms with E-state index in [9.17, 15) is 18.0 Å². The molecule has 25 heavy (non-hydrogen) atoms. The zero-order valence-corrected chi connectivity index (χ0v) is 14.5. The standard InChI is InChI=1S/C15H13BrF3N5O/c16-12-13-10(23-11(5-20)24(13)7-15(17,18)19)6-21-14(12)22-8-1-3-9(25)4-2-8/h6,8H,1-4,7H2,(H,21,22). The number of aromatic nitrogens is 3. The number of nitrogens with zero attached hydrogens (tertiary/aromatic N) is 4. The second kappa shape index (κ2) is 6.63. The Morgan fingerprint density at radius 2 is 2.08 bits per heavy atom. The van der Waals surface area contributed by atoms with Gasteiger partial charge in [0.05, 0.1) is 16.2 Å². The summed E-state index contributed by atoms with van der Waals surface area (Å²) >= 11 is 3.29. The summed E-state index contributed by atoms with van der Waals surface area (Å²) in [6, 6.07) is 1.71. The number of nitriles is 1. The first kappa shape index (κ1) is 17.7. The van der Waals surface area contributed by atoms with Crippen LogP contribution in [0.1, 0.15) is 31.5 Å². The molecule has 1 saturated carbocycles. The minimum absolute atomic E-state index is 0.0216. The predicted octanol–water partition coefficient (Wildman–Crippen LogP) is 3.55. The van der Waals surface area contributed by atoms with E-state index in [-0.39, 0.29) is 28.7 Å². The summed E-state index contributed by atoms with van der Waals surface area (Å²) in [5.74, 6) is 0.261. The Balaban J connectivity index is 1.99. The number of alkyl halides is 3. The van der Waals surface area contributed by atoms with Gasteiger partial charge < -0.3 is 9.88 Å². The van der Waals surface area contributed by atoms with Crippen LogP contribution in [0.4, 0.5) is 19.0 Å². The molecule has 1 N–H and O–H groups in total. The zero-order valence-electron chi connectivity index (χ0n) is 12.9. The van der Waals surface area contributed by atoms with Gasteiger partial charge in [-0.1, -0.05) is 0 Å². The minimum Gasteiger partial charge on any atom is -0.366 e. The number of halogens is 4. The Kier molecular flexibility index (Phi) is 4.69. The van der Waals surface area contributed by atoms with Gasteiger partial charge in [-0.25, -0.2) is 9.97 Å². The van der Waals surface area contributed by atoms with Gasteiger partial charge in [-0.3, -0.25) is 4.79 Å². The van der Waals surface area contributed by atoms with Crippen molar-refractivity contribution in [2.45, 2.75) is 44.4 Å². The van der Waals surface area contributed by atoms with E-state index in [1.807, 2.05) is 0 Å². The smallest absolute Gasteiger partial charge is 0.366 e. The molecule has 0 amide bonds. The fraction of sp³-hybridized carbons (Fsp3) is 0.467. The van der Waals surface area contributed by atoms with Crippen LogP contribution in [-0.2, 0) is 11.3 Å². The monoisotopic (exact) mass is 415 g/mol. The molecule has 0 unspecified atom stereocenters. The van der Waals surface area contributed by atoms with Crippen LogP contribution in [0.3, 0.4) is 0 Å². The molecular formula is C15H13BrF3N5O. The molecule has 0 atom stereocenters. The number of carbonyl (C=O) groups excluding carboxylic acids is 1. The Morgan fingerprint density at radius 1 is 1.40 bits per heavy atom. The van der Waals surface area contributed by atoms with Crippen LogP contribution >= 0.6 is 15.9 Å². The largest absolute Gasteiger partial charge is 0.406 e. The maximum Gasteiger partial charge on any atom is 0.406 e. The van der Waals surface area contributed by atoms with E-state index < -0.39 is 12.7 Å². The molecule has 0 saturated heterocycles. The first-order valence-electron chi connectivity index (χ1n) is 7.58. The normalized spacial score (nSPS) is 16.2. The molecule has 0 spiro atoms. The van der Waals surface area contributed by atoms with Gasteiger partial charge in [-0.15, -0.1) is 0 Å². The first-order valence-corrected chi connectivity index (χ1v) is 8.37. The number of anilines is 1. The Hall–Kier alpha value is -2.15. The van der Waals surface area contributed by atoms with Crippen molar-refractivity contribution in [3.63, 3.8) is 0 Å². The van der Waals surface area contributed by atoms with Gasteiger partial charge >= 0.3 is 6.18 Å². The van der Waals surface area contributed by atoms with Gasteiger partial charge in [0.2, 0.25) is 5.82 Å². The van der Waals surface area contributed by atoms with Crippen molar-refractivity contribution in [1.82, 2.24) is 14.5 Å². The van der Waals surface area contributed by atoms with Gasteiger partial charge in [0.1, 0.15) is 29.7 Å². The molecule has 6 nitrogen and oxygen atoms in total. The number of pyridine rings is 1. The highest BCUT2D eigenvalue weighted by atomic mass is 79.9. The van der Waals surface area contributed by atoms with Crippen molar-refractivity contribution in [1.29, 1.82) is 5.26 Å². The molecule has 3 rings (SSSR count). The summed E-state index contributed by atoms with van der Waals surface area (Å²) < 4.78 is 39.8. The van der Waals surface area contributed by atoms with Crippen molar-refractivity contribution in [2.75, 3.05) is 5.32 Å². The van der Waals surface area contributed by atoms with Gasteiger partial charge in [0.25, 0.3) is 0 Å². The van der Waals surface area contributed by atoms with E-state index in [2.05, 4.69) is 31.2 Å². The SMILES string of the molecule is N#Cc1nc2cnc(NC3CCC(=O)CC3)c(Br)c2n1CC(F)(F)F.